The largest absolute Gasteiger partial charge is 0.378 e. The van der Waals surface area contributed by atoms with Crippen LogP contribution in [0.5, 0.6) is 0 Å². The van der Waals surface area contributed by atoms with Crippen molar-refractivity contribution in [3.8, 4) is 0 Å². The van der Waals surface area contributed by atoms with Crippen molar-refractivity contribution in [3.63, 3.8) is 0 Å². The summed E-state index contributed by atoms with van der Waals surface area (Å²) in [5, 5.41) is 2.75. The summed E-state index contributed by atoms with van der Waals surface area (Å²) >= 11 is 0. The third kappa shape index (κ3) is 4.13. The van der Waals surface area contributed by atoms with Crippen molar-refractivity contribution in [3.05, 3.63) is 41.7 Å². The number of nitrogens with one attached hydrogen (secondary N) is 2. The lowest BCUT2D eigenvalue weighted by atomic mass is 10.0. The van der Waals surface area contributed by atoms with E-state index in [2.05, 4.69) is 20.0 Å². The van der Waals surface area contributed by atoms with Crippen molar-refractivity contribution in [2.75, 3.05) is 36.5 Å². The zero-order valence-electron chi connectivity index (χ0n) is 15.2. The van der Waals surface area contributed by atoms with Gasteiger partial charge in [0, 0.05) is 31.4 Å². The molecule has 2 aliphatic heterocycles. The van der Waals surface area contributed by atoms with Crippen LogP contribution in [0.4, 0.5) is 11.6 Å². The number of carbonyl (C=O) groups is 1. The highest BCUT2D eigenvalue weighted by molar-refractivity contribution is 7.89. The molecule has 2 aromatic rings. The summed E-state index contributed by atoms with van der Waals surface area (Å²) in [7, 11) is -3.70. The summed E-state index contributed by atoms with van der Waals surface area (Å²) < 4.78 is 33.3. The minimum atomic E-state index is -3.70. The minimum Gasteiger partial charge on any atom is -0.378 e. The molecule has 3 heterocycles. The number of amides is 1. The molecule has 0 radical (unpaired) electrons. The Morgan fingerprint density at radius 1 is 1.18 bits per heavy atom. The molecule has 28 heavy (non-hydrogen) atoms. The molecule has 0 saturated carbocycles. The number of rotatable bonds is 5. The fraction of sp³-hybridized carbons (Fsp3) is 0.389. The SMILES string of the molecule is O=C1CCc2cc(S(=O)(=O)NCc3ccnc(N4CCOCC4)n3)ccc2N1. The average molecular weight is 403 g/mol. The van der Waals surface area contributed by atoms with Crippen molar-refractivity contribution in [2.45, 2.75) is 24.3 Å². The van der Waals surface area contributed by atoms with Gasteiger partial charge in [-0.15, -0.1) is 0 Å². The second-order valence-corrected chi connectivity index (χ2v) is 8.41. The molecule has 1 fully saturated rings. The van der Waals surface area contributed by atoms with E-state index in [4.69, 9.17) is 4.74 Å². The Morgan fingerprint density at radius 3 is 2.82 bits per heavy atom. The third-order valence-electron chi connectivity index (χ3n) is 4.72. The Bertz CT molecular complexity index is 989. The lowest BCUT2D eigenvalue weighted by molar-refractivity contribution is -0.116. The third-order valence-corrected chi connectivity index (χ3v) is 6.12. The first kappa shape index (κ1) is 18.8. The molecular weight excluding hydrogens is 382 g/mol. The fourth-order valence-corrected chi connectivity index (χ4v) is 4.23. The number of aryl methyl sites for hydroxylation is 1. The molecule has 4 rings (SSSR count). The van der Waals surface area contributed by atoms with E-state index in [1.807, 2.05) is 4.90 Å². The van der Waals surface area contributed by atoms with Gasteiger partial charge in [0.15, 0.2) is 0 Å². The van der Waals surface area contributed by atoms with Gasteiger partial charge in [0.25, 0.3) is 0 Å². The second kappa shape index (κ2) is 7.82. The zero-order valence-corrected chi connectivity index (χ0v) is 16.0. The van der Waals surface area contributed by atoms with E-state index in [1.165, 1.54) is 6.07 Å². The van der Waals surface area contributed by atoms with Crippen molar-refractivity contribution in [1.29, 1.82) is 0 Å². The molecule has 1 amide bonds. The maximum atomic E-state index is 12.7. The number of anilines is 2. The summed E-state index contributed by atoms with van der Waals surface area (Å²) in [5.74, 6) is 0.519. The summed E-state index contributed by atoms with van der Waals surface area (Å²) in [4.78, 5) is 22.4. The molecule has 148 valence electrons. The van der Waals surface area contributed by atoms with Gasteiger partial charge in [0.2, 0.25) is 21.9 Å². The first-order valence-corrected chi connectivity index (χ1v) is 10.6. The molecule has 0 aliphatic carbocycles. The standard InChI is InChI=1S/C18H21N5O4S/c24-17-4-1-13-11-15(2-3-16(13)22-17)28(25,26)20-12-14-5-6-19-18(21-14)23-7-9-27-10-8-23/h2-3,5-6,11,20H,1,4,7-10,12H2,(H,22,24). The van der Waals surface area contributed by atoms with Crippen LogP contribution in [0.1, 0.15) is 17.7 Å². The van der Waals surface area contributed by atoms with E-state index in [-0.39, 0.29) is 17.3 Å². The van der Waals surface area contributed by atoms with Gasteiger partial charge in [0.1, 0.15) is 0 Å². The van der Waals surface area contributed by atoms with Gasteiger partial charge < -0.3 is 15.0 Å². The van der Waals surface area contributed by atoms with Crippen LogP contribution < -0.4 is 14.9 Å². The molecule has 0 atom stereocenters. The van der Waals surface area contributed by atoms with E-state index in [0.29, 0.717) is 56.5 Å². The van der Waals surface area contributed by atoms with Crippen LogP contribution >= 0.6 is 0 Å². The molecule has 1 saturated heterocycles. The van der Waals surface area contributed by atoms with Gasteiger partial charge in [-0.25, -0.2) is 23.1 Å². The second-order valence-electron chi connectivity index (χ2n) is 6.64. The smallest absolute Gasteiger partial charge is 0.240 e. The first-order chi connectivity index (χ1) is 13.5. The van der Waals surface area contributed by atoms with Crippen LogP contribution in [0.25, 0.3) is 0 Å². The maximum absolute atomic E-state index is 12.7. The number of hydrogen-bond donors (Lipinski definition) is 2. The Morgan fingerprint density at radius 2 is 2.00 bits per heavy atom. The van der Waals surface area contributed by atoms with Crippen LogP contribution in [-0.2, 0) is 32.5 Å². The highest BCUT2D eigenvalue weighted by Crippen LogP contribution is 2.25. The molecule has 1 aromatic heterocycles. The van der Waals surface area contributed by atoms with E-state index in [9.17, 15) is 13.2 Å². The van der Waals surface area contributed by atoms with Crippen LogP contribution in [0.15, 0.2) is 35.4 Å². The fourth-order valence-electron chi connectivity index (χ4n) is 3.18. The summed E-state index contributed by atoms with van der Waals surface area (Å²) in [6.45, 7) is 2.73. The van der Waals surface area contributed by atoms with Crippen molar-refractivity contribution >= 4 is 27.6 Å². The molecule has 2 N–H and O–H groups in total. The number of hydrogen-bond acceptors (Lipinski definition) is 7. The minimum absolute atomic E-state index is 0.0546. The molecule has 1 aromatic carbocycles. The topological polar surface area (TPSA) is 114 Å². The Labute approximate surface area is 163 Å². The molecule has 9 nitrogen and oxygen atoms in total. The highest BCUT2D eigenvalue weighted by atomic mass is 32.2. The van der Waals surface area contributed by atoms with Gasteiger partial charge >= 0.3 is 0 Å². The summed E-state index contributed by atoms with van der Waals surface area (Å²) in [6.07, 6.45) is 2.51. The number of ether oxygens (including phenoxy) is 1. The zero-order chi connectivity index (χ0) is 19.6. The number of morpholine rings is 1. The van der Waals surface area contributed by atoms with Crippen LogP contribution in [0.2, 0.25) is 0 Å². The predicted octanol–water partition coefficient (Wildman–Crippen LogP) is 0.676. The molecule has 10 heteroatoms. The van der Waals surface area contributed by atoms with E-state index >= 15 is 0 Å². The average Bonchev–Trinajstić information content (AvgIpc) is 2.73. The Balaban J connectivity index is 1.46. The Hall–Kier alpha value is -2.56. The number of aromatic nitrogens is 2. The quantitative estimate of drug-likeness (QED) is 0.754. The van der Waals surface area contributed by atoms with Crippen molar-refractivity contribution in [2.24, 2.45) is 0 Å². The maximum Gasteiger partial charge on any atom is 0.240 e. The molecule has 0 bridgehead atoms. The van der Waals surface area contributed by atoms with E-state index in [1.54, 1.807) is 24.4 Å². The summed E-state index contributed by atoms with van der Waals surface area (Å²) in [6, 6.07) is 6.42. The van der Waals surface area contributed by atoms with Gasteiger partial charge in [0.05, 0.1) is 30.3 Å². The number of benzene rings is 1. The van der Waals surface area contributed by atoms with Gasteiger partial charge in [-0.1, -0.05) is 0 Å². The number of carbonyl (C=O) groups excluding carboxylic acids is 1. The first-order valence-electron chi connectivity index (χ1n) is 9.08. The van der Waals surface area contributed by atoms with E-state index < -0.39 is 10.0 Å². The van der Waals surface area contributed by atoms with Crippen LogP contribution in [-0.4, -0.2) is 50.6 Å². The molecular formula is C18H21N5O4S. The van der Waals surface area contributed by atoms with Gasteiger partial charge in [-0.3, -0.25) is 4.79 Å². The number of sulfonamides is 1. The molecule has 2 aliphatic rings. The van der Waals surface area contributed by atoms with Crippen molar-refractivity contribution < 1.29 is 17.9 Å². The van der Waals surface area contributed by atoms with E-state index in [0.717, 1.165) is 5.56 Å². The predicted molar refractivity (Wildman–Crippen MR) is 102 cm³/mol. The lowest BCUT2D eigenvalue weighted by Crippen LogP contribution is -2.37. The normalized spacial score (nSPS) is 17.1. The number of fused-ring (bicyclic) bond motifs is 1. The van der Waals surface area contributed by atoms with Gasteiger partial charge in [-0.2, -0.15) is 0 Å². The summed E-state index contributed by atoms with van der Waals surface area (Å²) in [5.41, 5.74) is 2.07. The molecule has 0 spiro atoms. The number of nitrogens with zero attached hydrogens (tertiary/aromatic N) is 3. The Kier molecular flexibility index (Phi) is 5.25. The molecule has 0 unspecified atom stereocenters. The van der Waals surface area contributed by atoms with Gasteiger partial charge in [-0.05, 0) is 36.2 Å². The van der Waals surface area contributed by atoms with Crippen LogP contribution in [0.3, 0.4) is 0 Å². The monoisotopic (exact) mass is 403 g/mol. The lowest BCUT2D eigenvalue weighted by Gasteiger charge is -2.26. The van der Waals surface area contributed by atoms with Crippen molar-refractivity contribution in [1.82, 2.24) is 14.7 Å². The highest BCUT2D eigenvalue weighted by Gasteiger charge is 2.20. The van der Waals surface area contributed by atoms with Crippen LogP contribution in [0, 0.1) is 0 Å².